The number of amides is 2. The Hall–Kier alpha value is -3.21. The second-order valence-corrected chi connectivity index (χ2v) is 10.5. The van der Waals surface area contributed by atoms with Crippen molar-refractivity contribution in [2.45, 2.75) is 45.4 Å². The van der Waals surface area contributed by atoms with Crippen LogP contribution in [0.2, 0.25) is 0 Å². The SMILES string of the molecule is CC1(C(=O)N2CCCC(Cc3cccc4ncccc34)CC2)CCN(C(=O)c2ccccc2)CC1. The van der Waals surface area contributed by atoms with E-state index in [1.807, 2.05) is 47.5 Å². The first kappa shape index (κ1) is 23.5. The van der Waals surface area contributed by atoms with Crippen LogP contribution < -0.4 is 0 Å². The summed E-state index contributed by atoms with van der Waals surface area (Å²) < 4.78 is 0. The fraction of sp³-hybridized carbons (Fsp3) is 0.433. The molecule has 2 aromatic carbocycles. The summed E-state index contributed by atoms with van der Waals surface area (Å²) in [6.45, 7) is 5.05. The van der Waals surface area contributed by atoms with Crippen molar-refractivity contribution in [3.05, 3.63) is 78.0 Å². The van der Waals surface area contributed by atoms with Gasteiger partial charge in [-0.1, -0.05) is 43.3 Å². The van der Waals surface area contributed by atoms with E-state index in [-0.39, 0.29) is 17.2 Å². The molecule has 5 rings (SSSR count). The van der Waals surface area contributed by atoms with Gasteiger partial charge in [0.2, 0.25) is 5.91 Å². The summed E-state index contributed by atoms with van der Waals surface area (Å²) in [6.07, 6.45) is 7.59. The van der Waals surface area contributed by atoms with E-state index in [4.69, 9.17) is 0 Å². The molecule has 0 N–H and O–H groups in total. The zero-order chi connectivity index (χ0) is 24.3. The number of carbonyl (C=O) groups is 2. The van der Waals surface area contributed by atoms with Gasteiger partial charge in [0.05, 0.1) is 5.52 Å². The smallest absolute Gasteiger partial charge is 0.253 e. The van der Waals surface area contributed by atoms with Crippen molar-refractivity contribution in [1.29, 1.82) is 0 Å². The summed E-state index contributed by atoms with van der Waals surface area (Å²) in [5.41, 5.74) is 2.76. The summed E-state index contributed by atoms with van der Waals surface area (Å²) in [5, 5.41) is 1.25. The average molecular weight is 470 g/mol. The number of piperidine rings is 1. The molecule has 2 fully saturated rings. The number of nitrogens with zero attached hydrogens (tertiary/aromatic N) is 3. The van der Waals surface area contributed by atoms with Gasteiger partial charge < -0.3 is 9.80 Å². The summed E-state index contributed by atoms with van der Waals surface area (Å²) in [6, 6.07) is 20.0. The van der Waals surface area contributed by atoms with Crippen molar-refractivity contribution in [1.82, 2.24) is 14.8 Å². The van der Waals surface area contributed by atoms with Crippen molar-refractivity contribution in [3.8, 4) is 0 Å². The lowest BCUT2D eigenvalue weighted by molar-refractivity contribution is -0.143. The number of hydrogen-bond acceptors (Lipinski definition) is 3. The highest BCUT2D eigenvalue weighted by Gasteiger charge is 2.41. The van der Waals surface area contributed by atoms with Gasteiger partial charge in [-0.2, -0.15) is 0 Å². The lowest BCUT2D eigenvalue weighted by Gasteiger charge is -2.41. The molecule has 2 amide bonds. The largest absolute Gasteiger partial charge is 0.342 e. The molecule has 0 bridgehead atoms. The number of carbonyl (C=O) groups excluding carboxylic acids is 2. The van der Waals surface area contributed by atoms with Gasteiger partial charge in [-0.05, 0) is 74.3 Å². The van der Waals surface area contributed by atoms with E-state index in [1.54, 1.807) is 0 Å². The van der Waals surface area contributed by atoms with E-state index in [0.29, 0.717) is 19.0 Å². The van der Waals surface area contributed by atoms with Crippen LogP contribution in [0.15, 0.2) is 66.9 Å². The predicted molar refractivity (Wildman–Crippen MR) is 139 cm³/mol. The quantitative estimate of drug-likeness (QED) is 0.518. The summed E-state index contributed by atoms with van der Waals surface area (Å²) >= 11 is 0. The van der Waals surface area contributed by atoms with Crippen LogP contribution >= 0.6 is 0 Å². The maximum Gasteiger partial charge on any atom is 0.253 e. The molecule has 2 aliphatic heterocycles. The van der Waals surface area contributed by atoms with E-state index in [0.717, 1.165) is 62.7 Å². The van der Waals surface area contributed by atoms with E-state index in [1.165, 1.54) is 10.9 Å². The molecule has 1 atom stereocenters. The normalized spacial score (nSPS) is 20.4. The topological polar surface area (TPSA) is 53.5 Å². The molecule has 0 spiro atoms. The lowest BCUT2D eigenvalue weighted by atomic mass is 9.78. The van der Waals surface area contributed by atoms with Gasteiger partial charge in [0.1, 0.15) is 0 Å². The molecule has 35 heavy (non-hydrogen) atoms. The van der Waals surface area contributed by atoms with Crippen LogP contribution in [0.5, 0.6) is 0 Å². The molecule has 2 saturated heterocycles. The number of pyridine rings is 1. The van der Waals surface area contributed by atoms with Crippen molar-refractivity contribution in [3.63, 3.8) is 0 Å². The highest BCUT2D eigenvalue weighted by molar-refractivity contribution is 5.94. The Morgan fingerprint density at radius 1 is 0.886 bits per heavy atom. The fourth-order valence-electron chi connectivity index (χ4n) is 5.79. The number of hydrogen-bond donors (Lipinski definition) is 0. The second kappa shape index (κ2) is 10.2. The van der Waals surface area contributed by atoms with Gasteiger partial charge in [-0.3, -0.25) is 14.6 Å². The minimum Gasteiger partial charge on any atom is -0.342 e. The van der Waals surface area contributed by atoms with Crippen molar-refractivity contribution in [2.75, 3.05) is 26.2 Å². The Morgan fingerprint density at radius 3 is 2.49 bits per heavy atom. The third kappa shape index (κ3) is 5.09. The number of likely N-dealkylation sites (tertiary alicyclic amines) is 2. The van der Waals surface area contributed by atoms with Crippen LogP contribution in [-0.2, 0) is 11.2 Å². The van der Waals surface area contributed by atoms with Crippen molar-refractivity contribution in [2.24, 2.45) is 11.3 Å². The Balaban J connectivity index is 1.18. The number of aromatic nitrogens is 1. The molecule has 3 aromatic rings. The Kier molecular flexibility index (Phi) is 6.85. The third-order valence-electron chi connectivity index (χ3n) is 8.07. The van der Waals surface area contributed by atoms with E-state index in [2.05, 4.69) is 41.1 Å². The minimum absolute atomic E-state index is 0.0707. The van der Waals surface area contributed by atoms with Gasteiger partial charge in [-0.25, -0.2) is 0 Å². The molecule has 1 aromatic heterocycles. The highest BCUT2D eigenvalue weighted by atomic mass is 16.2. The molecule has 2 aliphatic rings. The summed E-state index contributed by atoms with van der Waals surface area (Å²) in [5.74, 6) is 0.928. The monoisotopic (exact) mass is 469 g/mol. The second-order valence-electron chi connectivity index (χ2n) is 10.5. The van der Waals surface area contributed by atoms with Crippen molar-refractivity contribution < 1.29 is 9.59 Å². The van der Waals surface area contributed by atoms with Crippen LogP contribution in [0.4, 0.5) is 0 Å². The van der Waals surface area contributed by atoms with Crippen LogP contribution in [0.3, 0.4) is 0 Å². The maximum absolute atomic E-state index is 13.6. The average Bonchev–Trinajstić information content (AvgIpc) is 3.14. The van der Waals surface area contributed by atoms with Crippen LogP contribution in [-0.4, -0.2) is 52.8 Å². The molecule has 0 saturated carbocycles. The first-order valence-electron chi connectivity index (χ1n) is 13.0. The van der Waals surface area contributed by atoms with Gasteiger partial charge in [0.25, 0.3) is 5.91 Å². The molecule has 5 heteroatoms. The van der Waals surface area contributed by atoms with E-state index >= 15 is 0 Å². The van der Waals surface area contributed by atoms with Gasteiger partial charge in [0, 0.05) is 48.7 Å². The summed E-state index contributed by atoms with van der Waals surface area (Å²) in [4.78, 5) is 35.0. The van der Waals surface area contributed by atoms with Crippen LogP contribution in [0.1, 0.15) is 54.9 Å². The molecule has 182 valence electrons. The highest BCUT2D eigenvalue weighted by Crippen LogP contribution is 2.35. The van der Waals surface area contributed by atoms with Gasteiger partial charge in [-0.15, -0.1) is 0 Å². The zero-order valence-corrected chi connectivity index (χ0v) is 20.7. The number of rotatable bonds is 4. The zero-order valence-electron chi connectivity index (χ0n) is 20.7. The molecule has 5 nitrogen and oxygen atoms in total. The van der Waals surface area contributed by atoms with Crippen LogP contribution in [0.25, 0.3) is 10.9 Å². The molecular weight excluding hydrogens is 434 g/mol. The van der Waals surface area contributed by atoms with E-state index in [9.17, 15) is 9.59 Å². The maximum atomic E-state index is 13.6. The first-order valence-corrected chi connectivity index (χ1v) is 13.0. The molecule has 0 radical (unpaired) electrons. The predicted octanol–water partition coefficient (Wildman–Crippen LogP) is 5.35. The molecule has 3 heterocycles. The Labute approximate surface area is 208 Å². The molecule has 1 unspecified atom stereocenters. The Bertz CT molecular complexity index is 1180. The molecule has 0 aliphatic carbocycles. The van der Waals surface area contributed by atoms with Crippen molar-refractivity contribution >= 4 is 22.7 Å². The van der Waals surface area contributed by atoms with Gasteiger partial charge >= 0.3 is 0 Å². The molecular formula is C30H35N3O2. The third-order valence-corrected chi connectivity index (χ3v) is 8.07. The van der Waals surface area contributed by atoms with Crippen LogP contribution in [0, 0.1) is 11.3 Å². The standard InChI is InChI=1S/C30H35N3O2/c1-30(15-20-32(21-16-30)28(34)24-9-3-2-4-10-24)29(35)33-18-7-8-23(14-19-33)22-25-11-5-13-27-26(25)12-6-17-31-27/h2-6,9-13,17,23H,7-8,14-16,18-22H2,1H3. The minimum atomic E-state index is -0.380. The first-order chi connectivity index (χ1) is 17.0. The lowest BCUT2D eigenvalue weighted by Crippen LogP contribution is -2.50. The summed E-state index contributed by atoms with van der Waals surface area (Å²) in [7, 11) is 0. The number of benzene rings is 2. The van der Waals surface area contributed by atoms with Gasteiger partial charge in [0.15, 0.2) is 0 Å². The van der Waals surface area contributed by atoms with E-state index < -0.39 is 0 Å². The Morgan fingerprint density at radius 2 is 1.69 bits per heavy atom. The number of fused-ring (bicyclic) bond motifs is 1. The fourth-order valence-corrected chi connectivity index (χ4v) is 5.79.